The minimum absolute atomic E-state index is 0.0376. The number of nitrogens with zero attached hydrogens (tertiary/aromatic N) is 4. The lowest BCUT2D eigenvalue weighted by molar-refractivity contribution is -0.387. The summed E-state index contributed by atoms with van der Waals surface area (Å²) < 4.78 is 23.2. The number of anilines is 1. The van der Waals surface area contributed by atoms with Crippen molar-refractivity contribution in [3.8, 4) is 0 Å². The van der Waals surface area contributed by atoms with Gasteiger partial charge >= 0.3 is 17.6 Å². The van der Waals surface area contributed by atoms with Gasteiger partial charge in [0.15, 0.2) is 0 Å². The van der Waals surface area contributed by atoms with Gasteiger partial charge in [0.25, 0.3) is 5.69 Å². The first kappa shape index (κ1) is 45.5. The van der Waals surface area contributed by atoms with E-state index in [1.54, 1.807) is 12.1 Å². The molecule has 0 spiro atoms. The van der Waals surface area contributed by atoms with Crippen LogP contribution in [0.3, 0.4) is 0 Å². The van der Waals surface area contributed by atoms with Crippen LogP contribution in [0, 0.1) is 37.9 Å². The highest BCUT2D eigenvalue weighted by Gasteiger charge is 2.29. The van der Waals surface area contributed by atoms with E-state index < -0.39 is 16.4 Å². The Kier molecular flexibility index (Phi) is 19.1. The van der Waals surface area contributed by atoms with Gasteiger partial charge in [-0.05, 0) is 140 Å². The Morgan fingerprint density at radius 1 is 0.702 bits per heavy atom. The molecule has 15 heteroatoms. The van der Waals surface area contributed by atoms with Crippen LogP contribution < -0.4 is 11.1 Å². The Labute approximate surface area is 336 Å². The van der Waals surface area contributed by atoms with E-state index in [0.717, 1.165) is 95.2 Å². The van der Waals surface area contributed by atoms with Crippen molar-refractivity contribution in [3.63, 3.8) is 0 Å². The van der Waals surface area contributed by atoms with Crippen LogP contribution in [-0.4, -0.2) is 83.1 Å². The maximum Gasteiger partial charge on any atom is 0.308 e. The lowest BCUT2D eigenvalue weighted by Crippen LogP contribution is -2.30. The summed E-state index contributed by atoms with van der Waals surface area (Å²) in [5, 5.41) is 25.6. The lowest BCUT2D eigenvalue weighted by atomic mass is 9.86. The van der Waals surface area contributed by atoms with E-state index >= 15 is 0 Å². The number of likely N-dealkylation sites (tertiary alicyclic amines) is 2. The highest BCUT2D eigenvalue weighted by molar-refractivity contribution is 5.73. The van der Waals surface area contributed by atoms with Crippen molar-refractivity contribution < 1.29 is 33.3 Å². The van der Waals surface area contributed by atoms with Crippen LogP contribution in [0.1, 0.15) is 115 Å². The van der Waals surface area contributed by atoms with E-state index in [0.29, 0.717) is 31.5 Å². The Morgan fingerprint density at radius 3 is 1.60 bits per heavy atom. The van der Waals surface area contributed by atoms with Crippen LogP contribution in [-0.2, 0) is 32.2 Å². The number of nitrogens with one attached hydrogen (secondary N) is 1. The number of halogens is 1. The van der Waals surface area contributed by atoms with Crippen molar-refractivity contribution in [3.05, 3.63) is 73.6 Å². The first-order valence-electron chi connectivity index (χ1n) is 21.0. The number of hydrogen-bond acceptors (Lipinski definition) is 12. The Balaban J connectivity index is 0.000000210. The molecule has 316 valence electrons. The van der Waals surface area contributed by atoms with E-state index in [9.17, 15) is 34.2 Å². The summed E-state index contributed by atoms with van der Waals surface area (Å²) in [4.78, 5) is 49.0. The SMILES string of the molecule is CCOC(=O)C1CCC(N)CC1.CCOC(=O)C1CCC(Nc2ccc(CN3CCCCC3)cc2[N+](=O)[O-])CC1.O=[N+]([O-])c1cc(CN2CCCCC2)ccc1F. The van der Waals surface area contributed by atoms with Crippen molar-refractivity contribution >= 4 is 29.0 Å². The van der Waals surface area contributed by atoms with E-state index in [2.05, 4.69) is 15.1 Å². The van der Waals surface area contributed by atoms with E-state index in [1.807, 2.05) is 26.0 Å². The molecule has 0 unspecified atom stereocenters. The van der Waals surface area contributed by atoms with Gasteiger partial charge in [-0.15, -0.1) is 0 Å². The van der Waals surface area contributed by atoms with Crippen molar-refractivity contribution in [1.82, 2.24) is 9.80 Å². The van der Waals surface area contributed by atoms with Crippen LogP contribution >= 0.6 is 0 Å². The molecule has 57 heavy (non-hydrogen) atoms. The molecule has 2 heterocycles. The highest BCUT2D eigenvalue weighted by atomic mass is 19.1. The molecule has 0 aromatic heterocycles. The summed E-state index contributed by atoms with van der Waals surface area (Å²) in [7, 11) is 0. The van der Waals surface area contributed by atoms with E-state index in [4.69, 9.17) is 15.2 Å². The molecule has 3 N–H and O–H groups in total. The minimum Gasteiger partial charge on any atom is -0.466 e. The van der Waals surface area contributed by atoms with Crippen LogP contribution in [0.5, 0.6) is 0 Å². The number of carbonyl (C=O) groups is 2. The molecule has 0 amide bonds. The van der Waals surface area contributed by atoms with E-state index in [-0.39, 0.29) is 40.4 Å². The second kappa shape index (κ2) is 23.9. The molecule has 2 aliphatic carbocycles. The minimum atomic E-state index is -0.766. The second-order valence-electron chi connectivity index (χ2n) is 15.6. The summed E-state index contributed by atoms with van der Waals surface area (Å²) in [6.07, 6.45) is 14.2. The highest BCUT2D eigenvalue weighted by Crippen LogP contribution is 2.32. The fraction of sp³-hybridized carbons (Fsp3) is 0.667. The molecule has 4 aliphatic rings. The Bertz CT molecular complexity index is 1590. The van der Waals surface area contributed by atoms with Gasteiger partial charge in [0.2, 0.25) is 5.82 Å². The van der Waals surface area contributed by atoms with Crippen molar-refractivity contribution in [2.24, 2.45) is 17.6 Å². The third-order valence-corrected chi connectivity index (χ3v) is 11.3. The normalized spacial score (nSPS) is 22.7. The third kappa shape index (κ3) is 15.2. The van der Waals surface area contributed by atoms with Crippen LogP contribution in [0.25, 0.3) is 0 Å². The van der Waals surface area contributed by atoms with Crippen molar-refractivity contribution in [2.45, 2.75) is 129 Å². The predicted octanol–water partition coefficient (Wildman–Crippen LogP) is 7.90. The summed E-state index contributed by atoms with van der Waals surface area (Å²) >= 11 is 0. The predicted molar refractivity (Wildman–Crippen MR) is 217 cm³/mol. The van der Waals surface area contributed by atoms with Gasteiger partial charge in [-0.25, -0.2) is 0 Å². The van der Waals surface area contributed by atoms with Gasteiger partial charge in [0.1, 0.15) is 5.69 Å². The Morgan fingerprint density at radius 2 is 1.14 bits per heavy atom. The molecule has 0 radical (unpaired) electrons. The largest absolute Gasteiger partial charge is 0.466 e. The number of rotatable bonds is 12. The number of benzene rings is 2. The quantitative estimate of drug-likeness (QED) is 0.120. The average Bonchev–Trinajstić information content (AvgIpc) is 3.21. The molecule has 2 aliphatic heterocycles. The van der Waals surface area contributed by atoms with Crippen molar-refractivity contribution in [2.75, 3.05) is 44.7 Å². The zero-order chi connectivity index (χ0) is 41.2. The summed E-state index contributed by atoms with van der Waals surface area (Å²) in [5.41, 5.74) is 7.80. The zero-order valence-corrected chi connectivity index (χ0v) is 33.8. The number of nitrogens with two attached hydrogens (primary N) is 1. The first-order chi connectivity index (χ1) is 27.5. The monoisotopic (exact) mass is 798 g/mol. The van der Waals surface area contributed by atoms with Crippen LogP contribution in [0.2, 0.25) is 0 Å². The maximum atomic E-state index is 13.1. The van der Waals surface area contributed by atoms with Crippen LogP contribution in [0.4, 0.5) is 21.5 Å². The standard InChI is InChI=1S/C21H31N3O4.C12H15FN2O2.C9H17NO2/c1-2-28-21(25)17-7-9-18(10-8-17)22-19-11-6-16(14-20(19)24(26)27)15-23-12-4-3-5-13-23;13-11-5-4-10(8-12(11)15(16)17)9-14-6-2-1-3-7-14;1-2-12-9(11)7-3-5-8(10)6-4-7/h6,11,14,17-18,22H,2-5,7-10,12-13,15H2,1H3;4-5,8H,1-3,6-7,9H2;7-8H,2-6,10H2,1H3. The molecule has 6 rings (SSSR count). The fourth-order valence-electron chi connectivity index (χ4n) is 8.07. The van der Waals surface area contributed by atoms with Gasteiger partial charge in [0.05, 0.1) is 34.9 Å². The zero-order valence-electron chi connectivity index (χ0n) is 33.8. The smallest absolute Gasteiger partial charge is 0.308 e. The molecule has 4 fully saturated rings. The summed E-state index contributed by atoms with van der Waals surface area (Å²) in [6, 6.07) is 10.1. The molecule has 14 nitrogen and oxygen atoms in total. The average molecular weight is 799 g/mol. The number of esters is 2. The molecular formula is C42H63FN6O8. The first-order valence-corrected chi connectivity index (χ1v) is 21.0. The van der Waals surface area contributed by atoms with Gasteiger partial charge in [-0.2, -0.15) is 4.39 Å². The second-order valence-corrected chi connectivity index (χ2v) is 15.6. The van der Waals surface area contributed by atoms with Gasteiger partial charge in [-0.3, -0.25) is 39.6 Å². The summed E-state index contributed by atoms with van der Waals surface area (Å²) in [6.45, 7) is 10.2. The topological polar surface area (TPSA) is 183 Å². The van der Waals surface area contributed by atoms with Gasteiger partial charge < -0.3 is 20.5 Å². The molecule has 2 saturated carbocycles. The number of ether oxygens (including phenoxy) is 2. The molecule has 0 bridgehead atoms. The number of nitro groups is 2. The fourth-order valence-corrected chi connectivity index (χ4v) is 8.07. The van der Waals surface area contributed by atoms with Crippen LogP contribution in [0.15, 0.2) is 36.4 Å². The third-order valence-electron chi connectivity index (χ3n) is 11.3. The molecule has 0 atom stereocenters. The Hall–Kier alpha value is -4.21. The lowest BCUT2D eigenvalue weighted by Gasteiger charge is -2.29. The molecule has 2 aromatic carbocycles. The maximum absolute atomic E-state index is 13.1. The molecule has 2 saturated heterocycles. The summed E-state index contributed by atoms with van der Waals surface area (Å²) in [5.74, 6) is -0.847. The molecule has 2 aromatic rings. The molecular weight excluding hydrogens is 735 g/mol. The van der Waals surface area contributed by atoms with Crippen molar-refractivity contribution in [1.29, 1.82) is 0 Å². The number of carbonyl (C=O) groups excluding carboxylic acids is 2. The number of nitro benzene ring substituents is 2. The van der Waals surface area contributed by atoms with Gasteiger partial charge in [0, 0.05) is 37.3 Å². The number of hydrogen-bond donors (Lipinski definition) is 2. The van der Waals surface area contributed by atoms with Gasteiger partial charge in [-0.1, -0.05) is 25.0 Å². The number of piperidine rings is 2. The van der Waals surface area contributed by atoms with E-state index in [1.165, 1.54) is 50.7 Å².